The van der Waals surface area contributed by atoms with Crippen LogP contribution in [0.5, 0.6) is 0 Å². The van der Waals surface area contributed by atoms with E-state index in [1.165, 1.54) is 0 Å². The summed E-state index contributed by atoms with van der Waals surface area (Å²) in [4.78, 5) is 12.3. The normalized spacial score (nSPS) is 11.5. The van der Waals surface area contributed by atoms with Gasteiger partial charge in [-0.3, -0.25) is 9.89 Å². The third kappa shape index (κ3) is 3.30. The molecule has 0 saturated carbocycles. The standard InChI is InChI=1S/C12H22N4O/c1-3-5-12(9-13,6-4-2)11(17)16-10-7-14-15-8-10/h7-8H,3-6,9,13H2,1-2H3,(H,14,15)(H,16,17). The van der Waals surface area contributed by atoms with Crippen LogP contribution in [0.3, 0.4) is 0 Å². The highest BCUT2D eigenvalue weighted by atomic mass is 16.2. The number of aromatic amines is 1. The van der Waals surface area contributed by atoms with Gasteiger partial charge in [0.2, 0.25) is 5.91 Å². The maximum atomic E-state index is 12.3. The van der Waals surface area contributed by atoms with Crippen molar-refractivity contribution in [2.45, 2.75) is 39.5 Å². The van der Waals surface area contributed by atoms with Crippen LogP contribution in [0.4, 0.5) is 5.69 Å². The molecule has 5 heteroatoms. The Balaban J connectivity index is 2.77. The molecule has 0 bridgehead atoms. The Kier molecular flexibility index (Phi) is 5.15. The van der Waals surface area contributed by atoms with Crippen molar-refractivity contribution in [2.75, 3.05) is 11.9 Å². The van der Waals surface area contributed by atoms with Crippen molar-refractivity contribution in [3.05, 3.63) is 12.4 Å². The average Bonchev–Trinajstić information content (AvgIpc) is 2.81. The van der Waals surface area contributed by atoms with Gasteiger partial charge in [-0.15, -0.1) is 0 Å². The van der Waals surface area contributed by atoms with Crippen molar-refractivity contribution in [3.63, 3.8) is 0 Å². The minimum atomic E-state index is -0.444. The number of H-pyrrole nitrogens is 1. The van der Waals surface area contributed by atoms with Gasteiger partial charge in [-0.05, 0) is 12.8 Å². The van der Waals surface area contributed by atoms with Gasteiger partial charge in [-0.2, -0.15) is 5.10 Å². The number of nitrogens with zero attached hydrogens (tertiary/aromatic N) is 1. The van der Waals surface area contributed by atoms with Crippen LogP contribution < -0.4 is 11.1 Å². The Morgan fingerprint density at radius 2 is 2.12 bits per heavy atom. The summed E-state index contributed by atoms with van der Waals surface area (Å²) in [7, 11) is 0. The molecule has 0 saturated heterocycles. The fourth-order valence-corrected chi connectivity index (χ4v) is 2.19. The molecule has 1 amide bonds. The van der Waals surface area contributed by atoms with Gasteiger partial charge in [0.05, 0.1) is 17.3 Å². The van der Waals surface area contributed by atoms with Gasteiger partial charge in [-0.1, -0.05) is 26.7 Å². The second kappa shape index (κ2) is 6.39. The smallest absolute Gasteiger partial charge is 0.231 e. The third-order valence-electron chi connectivity index (χ3n) is 3.09. The largest absolute Gasteiger partial charge is 0.329 e. The molecule has 0 fully saturated rings. The summed E-state index contributed by atoms with van der Waals surface area (Å²) in [5.74, 6) is 0.00472. The van der Waals surface area contributed by atoms with Crippen LogP contribution in [0.2, 0.25) is 0 Å². The Hall–Kier alpha value is -1.36. The zero-order chi connectivity index (χ0) is 12.7. The molecule has 96 valence electrons. The highest BCUT2D eigenvalue weighted by molar-refractivity contribution is 5.95. The molecule has 0 unspecified atom stereocenters. The maximum Gasteiger partial charge on any atom is 0.231 e. The molecule has 1 aromatic heterocycles. The van der Waals surface area contributed by atoms with E-state index in [9.17, 15) is 4.79 Å². The van der Waals surface area contributed by atoms with Crippen molar-refractivity contribution >= 4 is 11.6 Å². The van der Waals surface area contributed by atoms with Crippen LogP contribution >= 0.6 is 0 Å². The van der Waals surface area contributed by atoms with Gasteiger partial charge in [0.15, 0.2) is 0 Å². The fraction of sp³-hybridized carbons (Fsp3) is 0.667. The number of rotatable bonds is 7. The average molecular weight is 238 g/mol. The molecular weight excluding hydrogens is 216 g/mol. The second-order valence-electron chi connectivity index (χ2n) is 4.43. The van der Waals surface area contributed by atoms with E-state index in [4.69, 9.17) is 5.73 Å². The topological polar surface area (TPSA) is 83.8 Å². The Labute approximate surface area is 102 Å². The molecule has 5 nitrogen and oxygen atoms in total. The summed E-state index contributed by atoms with van der Waals surface area (Å²) in [5.41, 5.74) is 6.08. The summed E-state index contributed by atoms with van der Waals surface area (Å²) in [6.07, 6.45) is 6.81. The van der Waals surface area contributed by atoms with Gasteiger partial charge in [0.25, 0.3) is 0 Å². The summed E-state index contributed by atoms with van der Waals surface area (Å²) in [6.45, 7) is 4.54. The lowest BCUT2D eigenvalue weighted by atomic mass is 9.78. The highest BCUT2D eigenvalue weighted by Crippen LogP contribution is 2.30. The molecule has 0 spiro atoms. The third-order valence-corrected chi connectivity index (χ3v) is 3.09. The molecular formula is C12H22N4O. The molecule has 1 rings (SSSR count). The fourth-order valence-electron chi connectivity index (χ4n) is 2.19. The first-order valence-electron chi connectivity index (χ1n) is 6.19. The molecule has 0 aliphatic heterocycles. The SMILES string of the molecule is CCCC(CN)(CCC)C(=O)Nc1cn[nH]c1. The lowest BCUT2D eigenvalue weighted by Gasteiger charge is -2.30. The minimum absolute atomic E-state index is 0.00472. The van der Waals surface area contributed by atoms with E-state index in [0.717, 1.165) is 25.7 Å². The first-order valence-corrected chi connectivity index (χ1v) is 6.19. The van der Waals surface area contributed by atoms with E-state index in [1.807, 2.05) is 0 Å². The van der Waals surface area contributed by atoms with E-state index in [2.05, 4.69) is 29.4 Å². The molecule has 1 heterocycles. The zero-order valence-corrected chi connectivity index (χ0v) is 10.6. The van der Waals surface area contributed by atoms with Gasteiger partial charge >= 0.3 is 0 Å². The molecule has 4 N–H and O–H groups in total. The molecule has 0 aromatic carbocycles. The molecule has 0 radical (unpaired) electrons. The van der Waals surface area contributed by atoms with Gasteiger partial charge in [0.1, 0.15) is 0 Å². The minimum Gasteiger partial charge on any atom is -0.329 e. The lowest BCUT2D eigenvalue weighted by molar-refractivity contribution is -0.126. The Morgan fingerprint density at radius 3 is 2.53 bits per heavy atom. The number of carbonyl (C=O) groups is 1. The summed E-state index contributed by atoms with van der Waals surface area (Å²) >= 11 is 0. The van der Waals surface area contributed by atoms with Crippen LogP contribution in [-0.4, -0.2) is 22.6 Å². The van der Waals surface area contributed by atoms with Gasteiger partial charge < -0.3 is 11.1 Å². The number of carbonyl (C=O) groups excluding carboxylic acids is 1. The molecule has 0 aliphatic rings. The number of nitrogens with one attached hydrogen (secondary N) is 2. The Bertz CT molecular complexity index is 328. The highest BCUT2D eigenvalue weighted by Gasteiger charge is 2.35. The summed E-state index contributed by atoms with van der Waals surface area (Å²) in [5, 5.41) is 9.35. The Morgan fingerprint density at radius 1 is 1.47 bits per heavy atom. The van der Waals surface area contributed by atoms with Crippen LogP contribution in [0.1, 0.15) is 39.5 Å². The zero-order valence-electron chi connectivity index (χ0n) is 10.6. The van der Waals surface area contributed by atoms with E-state index < -0.39 is 5.41 Å². The molecule has 0 aliphatic carbocycles. The quantitative estimate of drug-likeness (QED) is 0.678. The van der Waals surface area contributed by atoms with E-state index in [0.29, 0.717) is 12.2 Å². The van der Waals surface area contributed by atoms with E-state index in [1.54, 1.807) is 12.4 Å². The molecule has 0 atom stereocenters. The molecule has 1 aromatic rings. The van der Waals surface area contributed by atoms with Crippen molar-refractivity contribution in [3.8, 4) is 0 Å². The number of nitrogens with two attached hydrogens (primary N) is 1. The predicted octanol–water partition coefficient (Wildman–Crippen LogP) is 1.89. The number of aromatic nitrogens is 2. The summed E-state index contributed by atoms with van der Waals surface area (Å²) < 4.78 is 0. The number of anilines is 1. The number of hydrogen-bond acceptors (Lipinski definition) is 3. The first kappa shape index (κ1) is 13.7. The van der Waals surface area contributed by atoms with E-state index >= 15 is 0 Å². The molecule has 17 heavy (non-hydrogen) atoms. The van der Waals surface area contributed by atoms with Crippen LogP contribution in [0.25, 0.3) is 0 Å². The second-order valence-corrected chi connectivity index (χ2v) is 4.43. The monoisotopic (exact) mass is 238 g/mol. The maximum absolute atomic E-state index is 12.3. The van der Waals surface area contributed by atoms with Gasteiger partial charge in [-0.25, -0.2) is 0 Å². The van der Waals surface area contributed by atoms with Crippen molar-refractivity contribution in [1.29, 1.82) is 0 Å². The number of hydrogen-bond donors (Lipinski definition) is 3. The van der Waals surface area contributed by atoms with Crippen LogP contribution in [-0.2, 0) is 4.79 Å². The van der Waals surface area contributed by atoms with Crippen LogP contribution in [0.15, 0.2) is 12.4 Å². The first-order chi connectivity index (χ1) is 8.18. The number of amides is 1. The van der Waals surface area contributed by atoms with Crippen LogP contribution in [0, 0.1) is 5.41 Å². The van der Waals surface area contributed by atoms with Gasteiger partial charge in [0, 0.05) is 12.7 Å². The van der Waals surface area contributed by atoms with Crippen molar-refractivity contribution in [2.24, 2.45) is 11.1 Å². The lowest BCUT2D eigenvalue weighted by Crippen LogP contribution is -2.42. The summed E-state index contributed by atoms with van der Waals surface area (Å²) in [6, 6.07) is 0. The van der Waals surface area contributed by atoms with Crippen molar-refractivity contribution < 1.29 is 4.79 Å². The predicted molar refractivity (Wildman–Crippen MR) is 68.5 cm³/mol. The van der Waals surface area contributed by atoms with Crippen molar-refractivity contribution in [1.82, 2.24) is 10.2 Å². The van der Waals surface area contributed by atoms with E-state index in [-0.39, 0.29) is 5.91 Å².